The molecule has 0 saturated heterocycles. The summed E-state index contributed by atoms with van der Waals surface area (Å²) in [7, 11) is 1.53. The van der Waals surface area contributed by atoms with E-state index in [2.05, 4.69) is 25.9 Å². The van der Waals surface area contributed by atoms with Crippen molar-refractivity contribution in [2.24, 2.45) is 0 Å². The average Bonchev–Trinajstić information content (AvgIpc) is 2.37. The summed E-state index contributed by atoms with van der Waals surface area (Å²) in [6, 6.07) is 0. The Morgan fingerprint density at radius 2 is 2.22 bits per heavy atom. The number of carbonyl (C=O) groups excluding carboxylic acids is 1. The van der Waals surface area contributed by atoms with E-state index < -0.39 is 0 Å². The molecule has 1 aromatic heterocycles. The summed E-state index contributed by atoms with van der Waals surface area (Å²) in [5, 5.41) is 0. The molecule has 0 bridgehead atoms. The highest BCUT2D eigenvalue weighted by molar-refractivity contribution is 9.10. The molecule has 0 atom stereocenters. The molecule has 0 fully saturated rings. The van der Waals surface area contributed by atoms with Gasteiger partial charge in [-0.15, -0.1) is 0 Å². The molecule has 0 aliphatic heterocycles. The van der Waals surface area contributed by atoms with Gasteiger partial charge in [-0.25, -0.2) is 4.98 Å². The Balaban J connectivity index is 2.84. The average molecular weight is 318 g/mol. The second kappa shape index (κ2) is 7.15. The monoisotopic (exact) mass is 317 g/mol. The van der Waals surface area contributed by atoms with Crippen LogP contribution >= 0.6 is 15.9 Å². The normalized spacial score (nSPS) is 10.0. The number of carbonyl (C=O) groups is 1. The molecule has 6 nitrogen and oxygen atoms in total. The number of hydrogen-bond donors (Lipinski definition) is 0. The lowest BCUT2D eigenvalue weighted by Crippen LogP contribution is -2.32. The van der Waals surface area contributed by atoms with Gasteiger partial charge in [-0.3, -0.25) is 4.79 Å². The molecule has 0 aliphatic rings. The van der Waals surface area contributed by atoms with E-state index in [-0.39, 0.29) is 12.5 Å². The van der Waals surface area contributed by atoms with Crippen molar-refractivity contribution in [3.63, 3.8) is 0 Å². The molecule has 100 valence electrons. The Labute approximate surface area is 114 Å². The molecule has 0 unspecified atom stereocenters. The Hall–Kier alpha value is -1.37. The fourth-order valence-electron chi connectivity index (χ4n) is 1.32. The molecule has 0 N–H and O–H groups in total. The van der Waals surface area contributed by atoms with E-state index in [1.54, 1.807) is 18.0 Å². The number of ether oxygens (including phenoxy) is 2. The van der Waals surface area contributed by atoms with Crippen LogP contribution in [0.4, 0.5) is 5.95 Å². The largest absolute Gasteiger partial charge is 0.480 e. The lowest BCUT2D eigenvalue weighted by Gasteiger charge is -2.19. The summed E-state index contributed by atoms with van der Waals surface area (Å²) in [6.45, 7) is 4.77. The van der Waals surface area contributed by atoms with E-state index in [0.717, 1.165) is 0 Å². The van der Waals surface area contributed by atoms with Crippen LogP contribution in [0.15, 0.2) is 10.7 Å². The van der Waals surface area contributed by atoms with Crippen LogP contribution in [0.25, 0.3) is 0 Å². The Morgan fingerprint density at radius 1 is 1.50 bits per heavy atom. The number of aromatic nitrogens is 2. The van der Waals surface area contributed by atoms with Crippen LogP contribution in [0.1, 0.15) is 13.8 Å². The predicted molar refractivity (Wildman–Crippen MR) is 70.8 cm³/mol. The van der Waals surface area contributed by atoms with Gasteiger partial charge in [-0.2, -0.15) is 4.98 Å². The first kappa shape index (κ1) is 14.7. The van der Waals surface area contributed by atoms with E-state index in [4.69, 9.17) is 9.47 Å². The van der Waals surface area contributed by atoms with Crippen molar-refractivity contribution in [1.29, 1.82) is 0 Å². The van der Waals surface area contributed by atoms with E-state index in [9.17, 15) is 4.79 Å². The maximum atomic E-state index is 11.4. The van der Waals surface area contributed by atoms with Gasteiger partial charge >= 0.3 is 5.97 Å². The molecular weight excluding hydrogens is 302 g/mol. The third-order valence-corrected chi connectivity index (χ3v) is 2.73. The van der Waals surface area contributed by atoms with Gasteiger partial charge in [0.05, 0.1) is 24.4 Å². The maximum absolute atomic E-state index is 11.4. The fraction of sp³-hybridized carbons (Fsp3) is 0.545. The summed E-state index contributed by atoms with van der Waals surface area (Å²) in [5.74, 6) is 0.567. The number of rotatable bonds is 6. The molecule has 7 heteroatoms. The third-order valence-electron chi connectivity index (χ3n) is 2.18. The first-order chi connectivity index (χ1) is 8.62. The van der Waals surface area contributed by atoms with Crippen LogP contribution in [0.2, 0.25) is 0 Å². The number of hydrogen-bond acceptors (Lipinski definition) is 6. The van der Waals surface area contributed by atoms with Gasteiger partial charge in [-0.1, -0.05) is 0 Å². The molecule has 0 amide bonds. The smallest absolute Gasteiger partial charge is 0.325 e. The molecule has 0 spiro atoms. The van der Waals surface area contributed by atoms with Gasteiger partial charge < -0.3 is 14.4 Å². The Kier molecular flexibility index (Phi) is 5.84. The summed E-state index contributed by atoms with van der Waals surface area (Å²) in [6.07, 6.45) is 1.59. The van der Waals surface area contributed by atoms with Gasteiger partial charge in [0.1, 0.15) is 6.54 Å². The minimum atomic E-state index is -0.301. The predicted octanol–water partition coefficient (Wildman–Crippen LogP) is 1.64. The zero-order chi connectivity index (χ0) is 13.5. The van der Waals surface area contributed by atoms with Crippen molar-refractivity contribution in [1.82, 2.24) is 9.97 Å². The molecule has 18 heavy (non-hydrogen) atoms. The van der Waals surface area contributed by atoms with Crippen molar-refractivity contribution in [2.75, 3.05) is 31.7 Å². The van der Waals surface area contributed by atoms with Crippen molar-refractivity contribution >= 4 is 27.8 Å². The summed E-state index contributed by atoms with van der Waals surface area (Å²) in [4.78, 5) is 21.5. The van der Waals surface area contributed by atoms with E-state index in [1.165, 1.54) is 7.11 Å². The van der Waals surface area contributed by atoms with Crippen molar-refractivity contribution < 1.29 is 14.3 Å². The lowest BCUT2D eigenvalue weighted by atomic mass is 10.5. The number of nitrogens with zero attached hydrogens (tertiary/aromatic N) is 3. The highest BCUT2D eigenvalue weighted by atomic mass is 79.9. The summed E-state index contributed by atoms with van der Waals surface area (Å²) >= 11 is 3.28. The highest BCUT2D eigenvalue weighted by Crippen LogP contribution is 2.23. The quantitative estimate of drug-likeness (QED) is 0.743. The summed E-state index contributed by atoms with van der Waals surface area (Å²) in [5.41, 5.74) is 0. The molecule has 0 aromatic carbocycles. The van der Waals surface area contributed by atoms with Crippen LogP contribution in [-0.4, -0.2) is 42.7 Å². The molecule has 1 rings (SSSR count). The number of likely N-dealkylation sites (N-methyl/N-ethyl adjacent to an activating group) is 1. The van der Waals surface area contributed by atoms with Crippen molar-refractivity contribution in [3.8, 4) is 5.88 Å². The van der Waals surface area contributed by atoms with E-state index in [0.29, 0.717) is 29.5 Å². The molecular formula is C11H16BrN3O3. The number of esters is 1. The van der Waals surface area contributed by atoms with E-state index >= 15 is 0 Å². The van der Waals surface area contributed by atoms with Crippen LogP contribution in [0, 0.1) is 0 Å². The van der Waals surface area contributed by atoms with Crippen LogP contribution in [0.5, 0.6) is 5.88 Å². The van der Waals surface area contributed by atoms with Gasteiger partial charge in [-0.05, 0) is 29.8 Å². The zero-order valence-corrected chi connectivity index (χ0v) is 12.2. The van der Waals surface area contributed by atoms with Gasteiger partial charge in [0.25, 0.3) is 0 Å². The first-order valence-corrected chi connectivity index (χ1v) is 6.38. The third kappa shape index (κ3) is 3.83. The molecule has 1 aromatic rings. The number of anilines is 1. The minimum Gasteiger partial charge on any atom is -0.480 e. The van der Waals surface area contributed by atoms with Gasteiger partial charge in [0.2, 0.25) is 11.8 Å². The van der Waals surface area contributed by atoms with Crippen LogP contribution in [-0.2, 0) is 9.53 Å². The van der Waals surface area contributed by atoms with Crippen molar-refractivity contribution in [3.05, 3.63) is 10.7 Å². The molecule has 0 radical (unpaired) electrons. The number of methoxy groups -OCH3 is 1. The topological polar surface area (TPSA) is 64.5 Å². The SMILES string of the molecule is CCOC(=O)CN(CC)c1ncc(Br)c(OC)n1. The van der Waals surface area contributed by atoms with Crippen molar-refractivity contribution in [2.45, 2.75) is 13.8 Å². The first-order valence-electron chi connectivity index (χ1n) is 5.59. The Bertz CT molecular complexity index is 415. The molecule has 0 saturated carbocycles. The van der Waals surface area contributed by atoms with Gasteiger partial charge in [0, 0.05) is 6.54 Å². The second-order valence-electron chi connectivity index (χ2n) is 3.35. The van der Waals surface area contributed by atoms with Crippen LogP contribution < -0.4 is 9.64 Å². The highest BCUT2D eigenvalue weighted by Gasteiger charge is 2.15. The minimum absolute atomic E-state index is 0.120. The molecule has 0 aliphatic carbocycles. The van der Waals surface area contributed by atoms with Gasteiger partial charge in [0.15, 0.2) is 0 Å². The summed E-state index contributed by atoms with van der Waals surface area (Å²) < 4.78 is 10.7. The Morgan fingerprint density at radius 3 is 2.78 bits per heavy atom. The zero-order valence-electron chi connectivity index (χ0n) is 10.6. The van der Waals surface area contributed by atoms with Crippen LogP contribution in [0.3, 0.4) is 0 Å². The standard InChI is InChI=1S/C11H16BrN3O3/c1-4-15(7-9(16)18-5-2)11-13-6-8(12)10(14-11)17-3/h6H,4-5,7H2,1-3H3. The fourth-order valence-corrected chi connectivity index (χ4v) is 1.68. The maximum Gasteiger partial charge on any atom is 0.325 e. The lowest BCUT2D eigenvalue weighted by molar-refractivity contribution is -0.141. The number of halogens is 1. The molecule has 1 heterocycles. The second-order valence-corrected chi connectivity index (χ2v) is 4.20. The van der Waals surface area contributed by atoms with E-state index in [1.807, 2.05) is 6.92 Å².